The van der Waals surface area contributed by atoms with Crippen LogP contribution in [0.15, 0.2) is 54.6 Å². The molecule has 0 saturated heterocycles. The van der Waals surface area contributed by atoms with E-state index in [1.54, 1.807) is 0 Å². The van der Waals surface area contributed by atoms with E-state index in [-0.39, 0.29) is 6.10 Å². The van der Waals surface area contributed by atoms with Gasteiger partial charge in [0.05, 0.1) is 6.10 Å². The minimum absolute atomic E-state index is 0.314. The molecule has 1 unspecified atom stereocenters. The van der Waals surface area contributed by atoms with Gasteiger partial charge in [0.2, 0.25) is 0 Å². The van der Waals surface area contributed by atoms with Gasteiger partial charge in [-0.25, -0.2) is 0 Å². The molecule has 2 aromatic carbocycles. The van der Waals surface area contributed by atoms with Crippen LogP contribution in [0.1, 0.15) is 49.0 Å². The van der Waals surface area contributed by atoms with Gasteiger partial charge in [0, 0.05) is 0 Å². The van der Waals surface area contributed by atoms with Crippen molar-refractivity contribution in [2.45, 2.75) is 38.7 Å². The molecule has 100 valence electrons. The van der Waals surface area contributed by atoms with Crippen molar-refractivity contribution >= 4 is 0 Å². The van der Waals surface area contributed by atoms with Gasteiger partial charge in [-0.3, -0.25) is 0 Å². The van der Waals surface area contributed by atoms with Gasteiger partial charge in [0.25, 0.3) is 0 Å². The van der Waals surface area contributed by atoms with Gasteiger partial charge in [-0.05, 0) is 29.5 Å². The van der Waals surface area contributed by atoms with Gasteiger partial charge in [0.1, 0.15) is 0 Å². The molecule has 0 bridgehead atoms. The number of benzene rings is 2. The average Bonchev–Trinajstić information content (AvgIpc) is 2.46. The molecule has 1 N–H and O–H groups in total. The highest BCUT2D eigenvalue weighted by atomic mass is 16.3. The van der Waals surface area contributed by atoms with Gasteiger partial charge < -0.3 is 5.11 Å². The van der Waals surface area contributed by atoms with E-state index in [0.29, 0.717) is 0 Å². The first-order chi connectivity index (χ1) is 9.29. The molecule has 1 nitrogen and oxygen atoms in total. The first-order valence-corrected chi connectivity index (χ1v) is 7.10. The zero-order valence-corrected chi connectivity index (χ0v) is 11.5. The standard InChI is InChI=1S/C18H22O/c1-2-3-9-18(19)17-12-10-16(11-13-17)14-15-7-5-4-6-8-15/h4-8,10-13,18-19H,2-3,9,14H2,1H3. The number of aliphatic hydroxyl groups excluding tert-OH is 1. The van der Waals surface area contributed by atoms with Crippen LogP contribution in [-0.2, 0) is 6.42 Å². The van der Waals surface area contributed by atoms with Crippen LogP contribution in [0.25, 0.3) is 0 Å². The quantitative estimate of drug-likeness (QED) is 0.804. The molecular weight excluding hydrogens is 232 g/mol. The summed E-state index contributed by atoms with van der Waals surface area (Å²) in [6, 6.07) is 18.8. The lowest BCUT2D eigenvalue weighted by Crippen LogP contribution is -1.97. The summed E-state index contributed by atoms with van der Waals surface area (Å²) >= 11 is 0. The van der Waals surface area contributed by atoms with Gasteiger partial charge in [-0.1, -0.05) is 74.4 Å². The maximum absolute atomic E-state index is 10.0. The Morgan fingerprint density at radius 3 is 2.16 bits per heavy atom. The lowest BCUT2D eigenvalue weighted by atomic mass is 10.00. The van der Waals surface area contributed by atoms with Crippen molar-refractivity contribution in [3.63, 3.8) is 0 Å². The molecule has 1 atom stereocenters. The van der Waals surface area contributed by atoms with Crippen LogP contribution < -0.4 is 0 Å². The second-order valence-electron chi connectivity index (χ2n) is 5.06. The van der Waals surface area contributed by atoms with Crippen molar-refractivity contribution in [1.82, 2.24) is 0 Å². The summed E-state index contributed by atoms with van der Waals surface area (Å²) < 4.78 is 0. The van der Waals surface area contributed by atoms with Gasteiger partial charge in [0.15, 0.2) is 0 Å². The van der Waals surface area contributed by atoms with Crippen molar-refractivity contribution in [2.24, 2.45) is 0 Å². The van der Waals surface area contributed by atoms with Crippen molar-refractivity contribution in [2.75, 3.05) is 0 Å². The van der Waals surface area contributed by atoms with Crippen LogP contribution in [0.2, 0.25) is 0 Å². The number of hydrogen-bond donors (Lipinski definition) is 1. The SMILES string of the molecule is CCCCC(O)c1ccc(Cc2ccccc2)cc1. The normalized spacial score (nSPS) is 12.3. The molecule has 0 radical (unpaired) electrons. The molecule has 2 aromatic rings. The Hall–Kier alpha value is -1.60. The fourth-order valence-corrected chi connectivity index (χ4v) is 2.25. The molecule has 0 fully saturated rings. The number of rotatable bonds is 6. The first-order valence-electron chi connectivity index (χ1n) is 7.10. The van der Waals surface area contributed by atoms with Gasteiger partial charge in [-0.15, -0.1) is 0 Å². The molecule has 0 amide bonds. The molecule has 2 rings (SSSR count). The number of unbranched alkanes of at least 4 members (excludes halogenated alkanes) is 1. The maximum Gasteiger partial charge on any atom is 0.0790 e. The van der Waals surface area contributed by atoms with Crippen molar-refractivity contribution in [1.29, 1.82) is 0 Å². The lowest BCUT2D eigenvalue weighted by molar-refractivity contribution is 0.164. The molecule has 0 aliphatic carbocycles. The van der Waals surface area contributed by atoms with Crippen LogP contribution >= 0.6 is 0 Å². The summed E-state index contributed by atoms with van der Waals surface area (Å²) in [6.07, 6.45) is 3.70. The minimum atomic E-state index is -0.314. The molecule has 1 heteroatoms. The molecule has 0 aromatic heterocycles. The topological polar surface area (TPSA) is 20.2 Å². The summed E-state index contributed by atoms with van der Waals surface area (Å²) in [6.45, 7) is 2.15. The third-order valence-corrected chi connectivity index (χ3v) is 3.45. The number of aliphatic hydroxyl groups is 1. The summed E-state index contributed by atoms with van der Waals surface area (Å²) in [4.78, 5) is 0. The van der Waals surface area contributed by atoms with E-state index in [2.05, 4.69) is 55.5 Å². The third-order valence-electron chi connectivity index (χ3n) is 3.45. The second kappa shape index (κ2) is 7.10. The van der Waals surface area contributed by atoms with E-state index in [0.717, 1.165) is 31.2 Å². The van der Waals surface area contributed by atoms with E-state index in [1.807, 2.05) is 6.07 Å². The summed E-state index contributed by atoms with van der Waals surface area (Å²) in [5, 5.41) is 10.0. The Kier molecular flexibility index (Phi) is 5.17. The van der Waals surface area contributed by atoms with Gasteiger partial charge in [-0.2, -0.15) is 0 Å². The predicted molar refractivity (Wildman–Crippen MR) is 80.2 cm³/mol. The Morgan fingerprint density at radius 1 is 0.895 bits per heavy atom. The van der Waals surface area contributed by atoms with Crippen molar-refractivity contribution < 1.29 is 5.11 Å². The second-order valence-corrected chi connectivity index (χ2v) is 5.06. The van der Waals surface area contributed by atoms with E-state index >= 15 is 0 Å². The van der Waals surface area contributed by atoms with E-state index < -0.39 is 0 Å². The fraction of sp³-hybridized carbons (Fsp3) is 0.333. The lowest BCUT2D eigenvalue weighted by Gasteiger charge is -2.11. The monoisotopic (exact) mass is 254 g/mol. The Balaban J connectivity index is 1.98. The largest absolute Gasteiger partial charge is 0.388 e. The zero-order chi connectivity index (χ0) is 13.5. The van der Waals surface area contributed by atoms with Crippen LogP contribution in [0, 0.1) is 0 Å². The third kappa shape index (κ3) is 4.22. The molecular formula is C18H22O. The average molecular weight is 254 g/mol. The highest BCUT2D eigenvalue weighted by Crippen LogP contribution is 2.20. The zero-order valence-electron chi connectivity index (χ0n) is 11.5. The van der Waals surface area contributed by atoms with E-state index in [9.17, 15) is 5.11 Å². The highest BCUT2D eigenvalue weighted by molar-refractivity contribution is 5.29. The van der Waals surface area contributed by atoms with Crippen LogP contribution in [0.5, 0.6) is 0 Å². The smallest absolute Gasteiger partial charge is 0.0790 e. The predicted octanol–water partition coefficient (Wildman–Crippen LogP) is 4.50. The summed E-state index contributed by atoms with van der Waals surface area (Å²) in [5.74, 6) is 0. The summed E-state index contributed by atoms with van der Waals surface area (Å²) in [7, 11) is 0. The molecule has 0 aliphatic rings. The van der Waals surface area contributed by atoms with Crippen LogP contribution in [-0.4, -0.2) is 5.11 Å². The first kappa shape index (κ1) is 13.8. The molecule has 0 aliphatic heterocycles. The van der Waals surface area contributed by atoms with Crippen LogP contribution in [0.3, 0.4) is 0 Å². The molecule has 0 heterocycles. The van der Waals surface area contributed by atoms with E-state index in [4.69, 9.17) is 0 Å². The molecule has 0 saturated carbocycles. The fourth-order valence-electron chi connectivity index (χ4n) is 2.25. The Labute approximate surface area is 115 Å². The Bertz CT molecular complexity index is 473. The van der Waals surface area contributed by atoms with Crippen molar-refractivity contribution in [3.05, 3.63) is 71.3 Å². The maximum atomic E-state index is 10.0. The Morgan fingerprint density at radius 2 is 1.53 bits per heavy atom. The summed E-state index contributed by atoms with van der Waals surface area (Å²) in [5.41, 5.74) is 3.64. The number of hydrogen-bond acceptors (Lipinski definition) is 1. The highest BCUT2D eigenvalue weighted by Gasteiger charge is 2.06. The molecule has 0 spiro atoms. The van der Waals surface area contributed by atoms with Gasteiger partial charge >= 0.3 is 0 Å². The van der Waals surface area contributed by atoms with E-state index in [1.165, 1.54) is 11.1 Å². The van der Waals surface area contributed by atoms with Crippen LogP contribution in [0.4, 0.5) is 0 Å². The minimum Gasteiger partial charge on any atom is -0.388 e. The molecule has 19 heavy (non-hydrogen) atoms. The van der Waals surface area contributed by atoms with Crippen molar-refractivity contribution in [3.8, 4) is 0 Å².